The molecule has 0 unspecified atom stereocenters. The van der Waals surface area contributed by atoms with Crippen molar-refractivity contribution in [2.24, 2.45) is 0 Å². The zero-order chi connectivity index (χ0) is 31.5. The van der Waals surface area contributed by atoms with Crippen LogP contribution in [-0.4, -0.2) is 52.0 Å². The lowest BCUT2D eigenvalue weighted by Crippen LogP contribution is -2.49. The SMILES string of the molecule is C[C@@H](C(=O)Nc1ccc(C[C@@H]2CC[C@H]([C@H](O[Si](C)(C)C(C)(C)C)c3ccccc3)N2C(=O)O)cc1N)n1cccnc1=O. The third kappa shape index (κ3) is 7.16. The van der Waals surface area contributed by atoms with E-state index in [1.54, 1.807) is 30.0 Å². The summed E-state index contributed by atoms with van der Waals surface area (Å²) in [6.45, 7) is 12.5. The molecule has 4 N–H and O–H groups in total. The lowest BCUT2D eigenvalue weighted by Gasteiger charge is -2.42. The van der Waals surface area contributed by atoms with Gasteiger partial charge in [-0.05, 0) is 73.6 Å². The van der Waals surface area contributed by atoms with Gasteiger partial charge in [-0.3, -0.25) is 14.3 Å². The first-order valence-electron chi connectivity index (χ1n) is 14.7. The van der Waals surface area contributed by atoms with E-state index in [9.17, 15) is 19.5 Å². The highest BCUT2D eigenvalue weighted by molar-refractivity contribution is 6.74. The highest BCUT2D eigenvalue weighted by atomic mass is 28.4. The molecule has 1 fully saturated rings. The summed E-state index contributed by atoms with van der Waals surface area (Å²) in [7, 11) is -2.23. The minimum absolute atomic E-state index is 0.0352. The lowest BCUT2D eigenvalue weighted by atomic mass is 10.0. The van der Waals surface area contributed by atoms with E-state index in [1.807, 2.05) is 36.4 Å². The maximum Gasteiger partial charge on any atom is 0.407 e. The number of nitrogens with zero attached hydrogens (tertiary/aromatic N) is 3. The second kappa shape index (κ2) is 12.7. The Balaban J connectivity index is 1.53. The minimum atomic E-state index is -2.23. The molecular weight excluding hydrogens is 562 g/mol. The zero-order valence-electron chi connectivity index (χ0n) is 25.8. The Kier molecular flexibility index (Phi) is 9.46. The van der Waals surface area contributed by atoms with Crippen LogP contribution >= 0.6 is 0 Å². The first kappa shape index (κ1) is 32.0. The van der Waals surface area contributed by atoms with E-state index in [0.717, 1.165) is 11.1 Å². The molecule has 4 rings (SSSR count). The normalized spacial score (nSPS) is 18.7. The molecule has 1 aliphatic heterocycles. The number of nitrogens with one attached hydrogen (secondary N) is 1. The number of aromatic nitrogens is 2. The van der Waals surface area contributed by atoms with Crippen molar-refractivity contribution < 1.29 is 19.1 Å². The van der Waals surface area contributed by atoms with Gasteiger partial charge in [0.1, 0.15) is 6.04 Å². The standard InChI is InChI=1S/C32H43N5O5Si/c1-21(36-18-10-17-34-30(36)39)29(38)35-26-15-13-22(20-25(26)33)19-24-14-16-27(37(24)31(40)41)28(23-11-8-7-9-12-23)42-43(5,6)32(2,3)4/h7-13,15,17-18,20-21,24,27-28H,14,16,19,33H2,1-6H3,(H,35,38)(H,40,41)/t21-,24-,27+,28+/m0/s1. The summed E-state index contributed by atoms with van der Waals surface area (Å²) < 4.78 is 8.17. The fraction of sp³-hybridized carbons (Fsp3) is 0.438. The van der Waals surface area contributed by atoms with E-state index in [4.69, 9.17) is 10.2 Å². The second-order valence-corrected chi connectivity index (χ2v) is 17.6. The molecule has 11 heteroatoms. The number of nitrogens with two attached hydrogens (primary N) is 1. The third-order valence-corrected chi connectivity index (χ3v) is 13.3. The van der Waals surface area contributed by atoms with Crippen LogP contribution < -0.4 is 16.7 Å². The van der Waals surface area contributed by atoms with Crippen LogP contribution in [0.4, 0.5) is 16.2 Å². The van der Waals surface area contributed by atoms with Gasteiger partial charge >= 0.3 is 11.8 Å². The van der Waals surface area contributed by atoms with Crippen LogP contribution in [0.1, 0.15) is 63.8 Å². The van der Waals surface area contributed by atoms with Crippen LogP contribution in [0.5, 0.6) is 0 Å². The van der Waals surface area contributed by atoms with Gasteiger partial charge in [-0.2, -0.15) is 0 Å². The summed E-state index contributed by atoms with van der Waals surface area (Å²) in [5.74, 6) is -0.404. The fourth-order valence-corrected chi connectivity index (χ4v) is 6.65. The van der Waals surface area contributed by atoms with Crippen molar-refractivity contribution in [1.82, 2.24) is 14.5 Å². The molecule has 4 atom stereocenters. The molecule has 0 aliphatic carbocycles. The van der Waals surface area contributed by atoms with E-state index in [2.05, 4.69) is 44.2 Å². The van der Waals surface area contributed by atoms with Gasteiger partial charge in [0.15, 0.2) is 8.32 Å². The third-order valence-electron chi connectivity index (χ3n) is 8.85. The number of rotatable bonds is 9. The van der Waals surface area contributed by atoms with Crippen molar-refractivity contribution in [2.75, 3.05) is 11.1 Å². The Bertz CT molecular complexity index is 1500. The summed E-state index contributed by atoms with van der Waals surface area (Å²) in [4.78, 5) is 42.9. The van der Waals surface area contributed by atoms with Crippen LogP contribution in [0.25, 0.3) is 0 Å². The summed E-state index contributed by atoms with van der Waals surface area (Å²) in [6.07, 6.45) is 3.39. The van der Waals surface area contributed by atoms with Crippen LogP contribution in [0, 0.1) is 0 Å². The quantitative estimate of drug-likeness (QED) is 0.206. The van der Waals surface area contributed by atoms with Crippen molar-refractivity contribution in [3.63, 3.8) is 0 Å². The number of hydrogen-bond acceptors (Lipinski definition) is 6. The Hall–Kier alpha value is -3.96. The zero-order valence-corrected chi connectivity index (χ0v) is 26.8. The van der Waals surface area contributed by atoms with Crippen molar-refractivity contribution >= 4 is 31.7 Å². The van der Waals surface area contributed by atoms with Gasteiger partial charge in [0, 0.05) is 18.4 Å². The molecule has 0 bridgehead atoms. The molecule has 2 amide bonds. The van der Waals surface area contributed by atoms with Gasteiger partial charge in [0.05, 0.1) is 23.5 Å². The predicted molar refractivity (Wildman–Crippen MR) is 171 cm³/mol. The average molecular weight is 606 g/mol. The fourth-order valence-electron chi connectivity index (χ4n) is 5.37. The topological polar surface area (TPSA) is 140 Å². The molecule has 0 spiro atoms. The van der Waals surface area contributed by atoms with Crippen molar-refractivity contribution in [1.29, 1.82) is 0 Å². The van der Waals surface area contributed by atoms with E-state index in [-0.39, 0.29) is 23.2 Å². The van der Waals surface area contributed by atoms with E-state index in [1.165, 1.54) is 17.0 Å². The molecule has 1 aliphatic rings. The Morgan fingerprint density at radius 1 is 1.14 bits per heavy atom. The first-order valence-corrected chi connectivity index (χ1v) is 17.6. The molecule has 43 heavy (non-hydrogen) atoms. The number of benzene rings is 2. The number of carbonyl (C=O) groups excluding carboxylic acids is 1. The summed E-state index contributed by atoms with van der Waals surface area (Å²) >= 11 is 0. The predicted octanol–water partition coefficient (Wildman–Crippen LogP) is 5.84. The monoisotopic (exact) mass is 605 g/mol. The van der Waals surface area contributed by atoms with Crippen molar-refractivity contribution in [2.45, 2.75) is 89.3 Å². The highest BCUT2D eigenvalue weighted by Gasteiger charge is 2.46. The molecule has 2 heterocycles. The lowest BCUT2D eigenvalue weighted by molar-refractivity contribution is -0.118. The molecule has 10 nitrogen and oxygen atoms in total. The van der Waals surface area contributed by atoms with E-state index in [0.29, 0.717) is 30.6 Å². The first-order chi connectivity index (χ1) is 20.2. The number of amides is 2. The van der Waals surface area contributed by atoms with Crippen molar-refractivity contribution in [3.8, 4) is 0 Å². The smallest absolute Gasteiger partial charge is 0.407 e. The number of hydrogen-bond donors (Lipinski definition) is 3. The number of carboxylic acid groups (broad SMARTS) is 1. The molecule has 2 aromatic carbocycles. The maximum absolute atomic E-state index is 12.8. The van der Waals surface area contributed by atoms with Gasteiger partial charge < -0.3 is 20.6 Å². The summed E-state index contributed by atoms with van der Waals surface area (Å²) in [5.41, 5.74) is 8.44. The second-order valence-electron chi connectivity index (χ2n) is 12.8. The van der Waals surface area contributed by atoms with Crippen LogP contribution in [0.3, 0.4) is 0 Å². The molecule has 230 valence electrons. The van der Waals surface area contributed by atoms with Gasteiger partial charge in [-0.1, -0.05) is 57.2 Å². The molecule has 1 aromatic heterocycles. The molecule has 3 aromatic rings. The van der Waals surface area contributed by atoms with Crippen LogP contribution in [0.2, 0.25) is 18.1 Å². The molecule has 0 saturated carbocycles. The number of carbonyl (C=O) groups is 2. The Labute approximate surface area is 254 Å². The van der Waals surface area contributed by atoms with E-state index >= 15 is 0 Å². The molecular formula is C32H43N5O5Si. The van der Waals surface area contributed by atoms with Gasteiger partial charge in [-0.25, -0.2) is 14.6 Å². The van der Waals surface area contributed by atoms with Gasteiger partial charge in [-0.15, -0.1) is 0 Å². The summed E-state index contributed by atoms with van der Waals surface area (Å²) in [5, 5.41) is 13.2. The largest absolute Gasteiger partial charge is 0.465 e. The maximum atomic E-state index is 12.8. The number of likely N-dealkylation sites (tertiary alicyclic amines) is 1. The number of anilines is 2. The van der Waals surface area contributed by atoms with Gasteiger partial charge in [0.25, 0.3) is 0 Å². The molecule has 1 saturated heterocycles. The van der Waals surface area contributed by atoms with Crippen molar-refractivity contribution in [3.05, 3.63) is 88.6 Å². The van der Waals surface area contributed by atoms with Crippen LogP contribution in [0.15, 0.2) is 71.8 Å². The summed E-state index contributed by atoms with van der Waals surface area (Å²) in [6, 6.07) is 15.5. The Morgan fingerprint density at radius 3 is 2.44 bits per heavy atom. The van der Waals surface area contributed by atoms with Gasteiger partial charge in [0.2, 0.25) is 5.91 Å². The minimum Gasteiger partial charge on any atom is -0.465 e. The van der Waals surface area contributed by atoms with E-state index < -0.39 is 32.0 Å². The Morgan fingerprint density at radius 2 is 1.84 bits per heavy atom. The van der Waals surface area contributed by atoms with Crippen LogP contribution in [-0.2, 0) is 15.6 Å². The number of nitrogen functional groups attached to an aromatic ring is 1. The average Bonchev–Trinajstić information content (AvgIpc) is 3.36. The molecule has 0 radical (unpaired) electrons. The highest BCUT2D eigenvalue weighted by Crippen LogP contribution is 2.44.